The number of methoxy groups -OCH3 is 1. The van der Waals surface area contributed by atoms with Crippen LogP contribution in [-0.2, 0) is 9.47 Å². The fourth-order valence-corrected chi connectivity index (χ4v) is 1.88. The standard InChI is InChI=1S/C16H21N3O5/c1-16(2,3)24-15(21)19-14-18-11-9-10(5-6-12(11)23-14)13(20)17-7-8-22-4/h5-6,9H,7-8H2,1-4H3,(H,17,20)(H,18,19,21). The Morgan fingerprint density at radius 2 is 2.04 bits per heavy atom. The molecule has 0 spiro atoms. The van der Waals surface area contributed by atoms with Crippen molar-refractivity contribution in [2.75, 3.05) is 25.6 Å². The number of nitrogens with one attached hydrogen (secondary N) is 2. The predicted molar refractivity (Wildman–Crippen MR) is 88.1 cm³/mol. The molecule has 2 amide bonds. The highest BCUT2D eigenvalue weighted by Gasteiger charge is 2.18. The molecular weight excluding hydrogens is 314 g/mol. The van der Waals surface area contributed by atoms with Gasteiger partial charge in [-0.05, 0) is 39.0 Å². The van der Waals surface area contributed by atoms with E-state index in [9.17, 15) is 9.59 Å². The molecule has 0 atom stereocenters. The van der Waals surface area contributed by atoms with E-state index in [0.29, 0.717) is 29.8 Å². The molecule has 0 aliphatic rings. The summed E-state index contributed by atoms with van der Waals surface area (Å²) >= 11 is 0. The molecular formula is C16H21N3O5. The molecule has 2 aromatic rings. The molecule has 0 radical (unpaired) electrons. The Kier molecular flexibility index (Phi) is 5.40. The van der Waals surface area contributed by atoms with Gasteiger partial charge in [-0.15, -0.1) is 0 Å². The number of nitrogens with zero attached hydrogens (tertiary/aromatic N) is 1. The lowest BCUT2D eigenvalue weighted by atomic mass is 10.2. The van der Waals surface area contributed by atoms with E-state index in [1.165, 1.54) is 0 Å². The zero-order valence-corrected chi connectivity index (χ0v) is 14.1. The third kappa shape index (κ3) is 4.95. The van der Waals surface area contributed by atoms with Gasteiger partial charge in [0, 0.05) is 19.2 Å². The molecule has 0 fully saturated rings. The highest BCUT2D eigenvalue weighted by Crippen LogP contribution is 2.21. The summed E-state index contributed by atoms with van der Waals surface area (Å²) in [6, 6.07) is 4.83. The van der Waals surface area contributed by atoms with Crippen LogP contribution >= 0.6 is 0 Å². The van der Waals surface area contributed by atoms with E-state index in [2.05, 4.69) is 15.6 Å². The lowest BCUT2D eigenvalue weighted by Gasteiger charge is -2.18. The van der Waals surface area contributed by atoms with Gasteiger partial charge in [0.2, 0.25) is 0 Å². The van der Waals surface area contributed by atoms with Gasteiger partial charge in [0.25, 0.3) is 5.91 Å². The lowest BCUT2D eigenvalue weighted by molar-refractivity contribution is 0.0632. The molecule has 1 heterocycles. The summed E-state index contributed by atoms with van der Waals surface area (Å²) in [7, 11) is 1.56. The summed E-state index contributed by atoms with van der Waals surface area (Å²) < 4.78 is 15.4. The quantitative estimate of drug-likeness (QED) is 0.814. The average Bonchev–Trinajstić information content (AvgIpc) is 2.86. The Morgan fingerprint density at radius 1 is 1.29 bits per heavy atom. The fraction of sp³-hybridized carbons (Fsp3) is 0.438. The van der Waals surface area contributed by atoms with E-state index >= 15 is 0 Å². The minimum Gasteiger partial charge on any atom is -0.443 e. The number of aromatic nitrogens is 1. The van der Waals surface area contributed by atoms with Gasteiger partial charge in [-0.3, -0.25) is 4.79 Å². The molecule has 8 nitrogen and oxygen atoms in total. The number of ether oxygens (including phenoxy) is 2. The number of hydrogen-bond donors (Lipinski definition) is 2. The molecule has 0 aliphatic carbocycles. The zero-order valence-electron chi connectivity index (χ0n) is 14.1. The van der Waals surface area contributed by atoms with Gasteiger partial charge in [0.05, 0.1) is 6.61 Å². The molecule has 0 saturated carbocycles. The van der Waals surface area contributed by atoms with Gasteiger partial charge in [0.15, 0.2) is 5.58 Å². The van der Waals surface area contributed by atoms with Gasteiger partial charge in [-0.2, -0.15) is 4.98 Å². The van der Waals surface area contributed by atoms with Crippen molar-refractivity contribution in [3.8, 4) is 0 Å². The Labute approximate surface area is 139 Å². The topological polar surface area (TPSA) is 103 Å². The van der Waals surface area contributed by atoms with Gasteiger partial charge in [-0.1, -0.05) is 0 Å². The summed E-state index contributed by atoms with van der Waals surface area (Å²) in [5, 5.41) is 5.14. The maximum absolute atomic E-state index is 12.0. The number of anilines is 1. The van der Waals surface area contributed by atoms with Gasteiger partial charge in [0.1, 0.15) is 11.1 Å². The van der Waals surface area contributed by atoms with Crippen LogP contribution in [0, 0.1) is 0 Å². The lowest BCUT2D eigenvalue weighted by Crippen LogP contribution is -2.27. The number of fused-ring (bicyclic) bond motifs is 1. The molecule has 2 N–H and O–H groups in total. The maximum atomic E-state index is 12.0. The second-order valence-corrected chi connectivity index (χ2v) is 6.08. The van der Waals surface area contributed by atoms with Crippen LogP contribution < -0.4 is 10.6 Å². The van der Waals surface area contributed by atoms with Crippen molar-refractivity contribution in [1.29, 1.82) is 0 Å². The molecule has 24 heavy (non-hydrogen) atoms. The largest absolute Gasteiger partial charge is 0.443 e. The SMILES string of the molecule is COCCNC(=O)c1ccc2oc(NC(=O)OC(C)(C)C)nc2c1. The van der Waals surface area contributed by atoms with Crippen molar-refractivity contribution in [1.82, 2.24) is 10.3 Å². The minimum absolute atomic E-state index is 0.0104. The summed E-state index contributed by atoms with van der Waals surface area (Å²) in [5.41, 5.74) is 0.731. The molecule has 0 saturated heterocycles. The Bertz CT molecular complexity index is 733. The van der Waals surface area contributed by atoms with E-state index in [0.717, 1.165) is 0 Å². The number of benzene rings is 1. The highest BCUT2D eigenvalue weighted by atomic mass is 16.6. The van der Waals surface area contributed by atoms with Crippen LogP contribution in [0.15, 0.2) is 22.6 Å². The zero-order chi connectivity index (χ0) is 17.7. The first-order valence-electron chi connectivity index (χ1n) is 7.46. The number of hydrogen-bond acceptors (Lipinski definition) is 6. The average molecular weight is 335 g/mol. The summed E-state index contributed by atoms with van der Waals surface area (Å²) in [5.74, 6) is -0.237. The number of amides is 2. The number of rotatable bonds is 5. The van der Waals surface area contributed by atoms with Crippen LogP contribution in [0.4, 0.5) is 10.8 Å². The van der Waals surface area contributed by atoms with Crippen molar-refractivity contribution in [2.24, 2.45) is 0 Å². The molecule has 0 aliphatic heterocycles. The van der Waals surface area contributed by atoms with Crippen molar-refractivity contribution >= 4 is 29.1 Å². The van der Waals surface area contributed by atoms with Crippen LogP contribution in [0.2, 0.25) is 0 Å². The smallest absolute Gasteiger partial charge is 0.415 e. The molecule has 1 aromatic heterocycles. The Balaban J connectivity index is 2.08. The molecule has 130 valence electrons. The number of carbonyl (C=O) groups is 2. The van der Waals surface area contributed by atoms with Crippen LogP contribution in [0.5, 0.6) is 0 Å². The third-order valence-electron chi connectivity index (χ3n) is 2.85. The van der Waals surface area contributed by atoms with Gasteiger partial charge in [-0.25, -0.2) is 10.1 Å². The first-order chi connectivity index (χ1) is 11.3. The number of oxazole rings is 1. The first kappa shape index (κ1) is 17.7. The summed E-state index contributed by atoms with van der Waals surface area (Å²) in [4.78, 5) is 27.8. The van der Waals surface area contributed by atoms with E-state index in [1.54, 1.807) is 46.1 Å². The molecule has 1 aromatic carbocycles. The van der Waals surface area contributed by atoms with E-state index in [-0.39, 0.29) is 11.9 Å². The van der Waals surface area contributed by atoms with Gasteiger partial charge < -0.3 is 19.2 Å². The fourth-order valence-electron chi connectivity index (χ4n) is 1.88. The molecule has 8 heteroatoms. The molecule has 0 unspecified atom stereocenters. The van der Waals surface area contributed by atoms with Crippen LogP contribution in [0.25, 0.3) is 11.1 Å². The van der Waals surface area contributed by atoms with Crippen molar-refractivity contribution in [2.45, 2.75) is 26.4 Å². The summed E-state index contributed by atoms with van der Waals surface area (Å²) in [6.45, 7) is 6.12. The predicted octanol–water partition coefficient (Wildman–Crippen LogP) is 2.55. The van der Waals surface area contributed by atoms with E-state index < -0.39 is 11.7 Å². The molecule has 0 bridgehead atoms. The van der Waals surface area contributed by atoms with Crippen molar-refractivity contribution in [3.05, 3.63) is 23.8 Å². The number of carbonyl (C=O) groups excluding carboxylic acids is 2. The van der Waals surface area contributed by atoms with E-state index in [1.807, 2.05) is 0 Å². The summed E-state index contributed by atoms with van der Waals surface area (Å²) in [6.07, 6.45) is -0.661. The van der Waals surface area contributed by atoms with Crippen LogP contribution in [0.1, 0.15) is 31.1 Å². The van der Waals surface area contributed by atoms with Crippen molar-refractivity contribution in [3.63, 3.8) is 0 Å². The first-order valence-corrected chi connectivity index (χ1v) is 7.46. The van der Waals surface area contributed by atoms with Crippen LogP contribution in [0.3, 0.4) is 0 Å². The Morgan fingerprint density at radius 3 is 2.71 bits per heavy atom. The highest BCUT2D eigenvalue weighted by molar-refractivity contribution is 5.97. The second kappa shape index (κ2) is 7.31. The van der Waals surface area contributed by atoms with Crippen molar-refractivity contribution < 1.29 is 23.5 Å². The third-order valence-corrected chi connectivity index (χ3v) is 2.85. The Hall–Kier alpha value is -2.61. The second-order valence-electron chi connectivity index (χ2n) is 6.08. The monoisotopic (exact) mass is 335 g/mol. The van der Waals surface area contributed by atoms with Crippen LogP contribution in [-0.4, -0.2) is 42.8 Å². The molecule has 2 rings (SSSR count). The minimum atomic E-state index is -0.661. The normalized spacial score (nSPS) is 11.3. The van der Waals surface area contributed by atoms with Gasteiger partial charge >= 0.3 is 12.1 Å². The van der Waals surface area contributed by atoms with E-state index in [4.69, 9.17) is 13.9 Å². The maximum Gasteiger partial charge on any atom is 0.415 e.